The molecule has 0 aromatic heterocycles. The Bertz CT molecular complexity index is 506. The Morgan fingerprint density at radius 3 is 2.57 bits per heavy atom. The van der Waals surface area contributed by atoms with Gasteiger partial charge in [-0.15, -0.1) is 0 Å². The van der Waals surface area contributed by atoms with Crippen molar-refractivity contribution in [2.24, 2.45) is 0 Å². The third-order valence-corrected chi connectivity index (χ3v) is 4.74. The number of nitrogens with zero attached hydrogens (tertiary/aromatic N) is 2. The quantitative estimate of drug-likeness (QED) is 0.833. The molecule has 3 rings (SSSR count). The molecule has 1 amide bonds. The summed E-state index contributed by atoms with van der Waals surface area (Å²) in [6, 6.07) is 6.75. The molecule has 2 saturated heterocycles. The largest absolute Gasteiger partial charge is 0.368 e. The van der Waals surface area contributed by atoms with Gasteiger partial charge in [0.15, 0.2) is 0 Å². The fraction of sp³-hybridized carbons (Fsp3) is 0.611. The molecule has 126 valence electrons. The molecule has 2 fully saturated rings. The van der Waals surface area contributed by atoms with Crippen LogP contribution in [0.15, 0.2) is 24.3 Å². The molecule has 2 aliphatic rings. The van der Waals surface area contributed by atoms with E-state index in [9.17, 15) is 9.18 Å². The first-order valence-electron chi connectivity index (χ1n) is 8.59. The molecule has 1 atom stereocenters. The van der Waals surface area contributed by atoms with Gasteiger partial charge in [0.25, 0.3) is 5.91 Å². The second-order valence-corrected chi connectivity index (χ2v) is 6.40. The average Bonchev–Trinajstić information content (AvgIpc) is 3.11. The highest BCUT2D eigenvalue weighted by Crippen LogP contribution is 2.16. The summed E-state index contributed by atoms with van der Waals surface area (Å²) >= 11 is 0. The molecule has 23 heavy (non-hydrogen) atoms. The molecule has 0 bridgehead atoms. The van der Waals surface area contributed by atoms with E-state index in [-0.39, 0.29) is 17.8 Å². The molecule has 1 unspecified atom stereocenters. The van der Waals surface area contributed by atoms with E-state index in [0.717, 1.165) is 65.0 Å². The highest BCUT2D eigenvalue weighted by Gasteiger charge is 2.30. The molecule has 0 aliphatic carbocycles. The van der Waals surface area contributed by atoms with Crippen molar-refractivity contribution in [1.29, 1.82) is 0 Å². The van der Waals surface area contributed by atoms with Crippen molar-refractivity contribution >= 4 is 5.91 Å². The smallest absolute Gasteiger partial charge is 0.251 e. The Hall–Kier alpha value is -1.46. The number of carbonyl (C=O) groups is 1. The maximum atomic E-state index is 12.9. The zero-order chi connectivity index (χ0) is 16.1. The van der Waals surface area contributed by atoms with Crippen LogP contribution >= 0.6 is 0 Å². The van der Waals surface area contributed by atoms with E-state index in [2.05, 4.69) is 4.90 Å². The Morgan fingerprint density at radius 2 is 1.91 bits per heavy atom. The van der Waals surface area contributed by atoms with Crippen LogP contribution in [0.4, 0.5) is 4.39 Å². The van der Waals surface area contributed by atoms with Crippen molar-refractivity contribution in [2.75, 3.05) is 39.3 Å². The fourth-order valence-corrected chi connectivity index (χ4v) is 3.33. The average molecular weight is 320 g/mol. The molecule has 0 N–H and O–H groups in total. The minimum Gasteiger partial charge on any atom is -0.368 e. The SMILES string of the molecule is O=C(C1CCCO1)N1CCN(CCCc2ccc(F)cc2)CC1. The Labute approximate surface area is 137 Å². The molecule has 4 nitrogen and oxygen atoms in total. The van der Waals surface area contributed by atoms with Crippen molar-refractivity contribution < 1.29 is 13.9 Å². The number of rotatable bonds is 5. The van der Waals surface area contributed by atoms with Gasteiger partial charge in [-0.1, -0.05) is 12.1 Å². The second-order valence-electron chi connectivity index (χ2n) is 6.40. The molecule has 2 heterocycles. The van der Waals surface area contributed by atoms with Gasteiger partial charge in [0, 0.05) is 32.8 Å². The zero-order valence-electron chi connectivity index (χ0n) is 13.5. The van der Waals surface area contributed by atoms with Crippen LogP contribution in [0.3, 0.4) is 0 Å². The fourth-order valence-electron chi connectivity index (χ4n) is 3.33. The van der Waals surface area contributed by atoms with E-state index >= 15 is 0 Å². The number of halogens is 1. The Balaban J connectivity index is 1.36. The van der Waals surface area contributed by atoms with Gasteiger partial charge in [0.2, 0.25) is 0 Å². The maximum Gasteiger partial charge on any atom is 0.251 e. The van der Waals surface area contributed by atoms with Crippen LogP contribution in [0, 0.1) is 5.82 Å². The van der Waals surface area contributed by atoms with Crippen LogP contribution in [-0.2, 0) is 16.0 Å². The number of piperazine rings is 1. The summed E-state index contributed by atoms with van der Waals surface area (Å²) in [6.07, 6.45) is 3.71. The molecule has 0 saturated carbocycles. The minimum absolute atomic E-state index is 0.175. The number of aryl methyl sites for hydroxylation is 1. The van der Waals surface area contributed by atoms with Crippen LogP contribution < -0.4 is 0 Å². The van der Waals surface area contributed by atoms with E-state index in [1.807, 2.05) is 17.0 Å². The first kappa shape index (κ1) is 16.4. The van der Waals surface area contributed by atoms with Crippen molar-refractivity contribution in [2.45, 2.75) is 31.8 Å². The van der Waals surface area contributed by atoms with Gasteiger partial charge < -0.3 is 9.64 Å². The molecule has 0 spiro atoms. The third-order valence-electron chi connectivity index (χ3n) is 4.74. The Kier molecular flexibility index (Phi) is 5.62. The van der Waals surface area contributed by atoms with Crippen molar-refractivity contribution in [3.8, 4) is 0 Å². The summed E-state index contributed by atoms with van der Waals surface area (Å²) in [5.41, 5.74) is 1.18. The van der Waals surface area contributed by atoms with Crippen LogP contribution in [0.25, 0.3) is 0 Å². The monoisotopic (exact) mass is 320 g/mol. The van der Waals surface area contributed by atoms with Crippen molar-refractivity contribution in [1.82, 2.24) is 9.80 Å². The molecule has 2 aliphatic heterocycles. The summed E-state index contributed by atoms with van der Waals surface area (Å²) in [4.78, 5) is 16.6. The lowest BCUT2D eigenvalue weighted by molar-refractivity contribution is -0.142. The van der Waals surface area contributed by atoms with E-state index < -0.39 is 0 Å². The van der Waals surface area contributed by atoms with Crippen LogP contribution in [0.2, 0.25) is 0 Å². The second kappa shape index (κ2) is 7.88. The number of carbonyl (C=O) groups excluding carboxylic acids is 1. The highest BCUT2D eigenvalue weighted by atomic mass is 19.1. The summed E-state index contributed by atoms with van der Waals surface area (Å²) < 4.78 is 18.3. The number of ether oxygens (including phenoxy) is 1. The van der Waals surface area contributed by atoms with Gasteiger partial charge in [-0.25, -0.2) is 4.39 Å². The van der Waals surface area contributed by atoms with Gasteiger partial charge in [-0.3, -0.25) is 9.69 Å². The number of benzene rings is 1. The van der Waals surface area contributed by atoms with Gasteiger partial charge in [-0.2, -0.15) is 0 Å². The maximum absolute atomic E-state index is 12.9. The normalized spacial score (nSPS) is 22.5. The zero-order valence-corrected chi connectivity index (χ0v) is 13.5. The Morgan fingerprint density at radius 1 is 1.17 bits per heavy atom. The van der Waals surface area contributed by atoms with Gasteiger partial charge in [0.1, 0.15) is 11.9 Å². The van der Waals surface area contributed by atoms with Gasteiger partial charge >= 0.3 is 0 Å². The minimum atomic E-state index is -0.194. The first-order chi connectivity index (χ1) is 11.2. The summed E-state index contributed by atoms with van der Waals surface area (Å²) in [7, 11) is 0. The van der Waals surface area contributed by atoms with E-state index in [4.69, 9.17) is 4.74 Å². The lowest BCUT2D eigenvalue weighted by Gasteiger charge is -2.35. The van der Waals surface area contributed by atoms with Crippen molar-refractivity contribution in [3.05, 3.63) is 35.6 Å². The summed E-state index contributed by atoms with van der Waals surface area (Å²) in [6.45, 7) is 5.22. The lowest BCUT2D eigenvalue weighted by Crippen LogP contribution is -2.51. The topological polar surface area (TPSA) is 32.8 Å². The predicted octanol–water partition coefficient (Wildman–Crippen LogP) is 2.08. The molecule has 0 radical (unpaired) electrons. The first-order valence-corrected chi connectivity index (χ1v) is 8.59. The molecular formula is C18H25FN2O2. The standard InChI is InChI=1S/C18H25FN2O2/c19-16-7-5-15(6-8-16)3-1-9-20-10-12-21(13-11-20)18(22)17-4-2-14-23-17/h5-8,17H,1-4,9-14H2. The van der Waals surface area contributed by atoms with Crippen LogP contribution in [0.5, 0.6) is 0 Å². The lowest BCUT2D eigenvalue weighted by atomic mass is 10.1. The number of hydrogen-bond donors (Lipinski definition) is 0. The van der Waals surface area contributed by atoms with E-state index in [1.54, 1.807) is 0 Å². The molecule has 5 heteroatoms. The number of hydrogen-bond acceptors (Lipinski definition) is 3. The summed E-state index contributed by atoms with van der Waals surface area (Å²) in [5.74, 6) is -0.00533. The molecule has 1 aromatic rings. The van der Waals surface area contributed by atoms with E-state index in [0.29, 0.717) is 0 Å². The van der Waals surface area contributed by atoms with E-state index in [1.165, 1.54) is 17.7 Å². The van der Waals surface area contributed by atoms with Gasteiger partial charge in [-0.05, 0) is 49.9 Å². The predicted molar refractivity (Wildman–Crippen MR) is 86.7 cm³/mol. The third kappa shape index (κ3) is 4.52. The van der Waals surface area contributed by atoms with Gasteiger partial charge in [0.05, 0.1) is 0 Å². The van der Waals surface area contributed by atoms with Crippen LogP contribution in [0.1, 0.15) is 24.8 Å². The molecular weight excluding hydrogens is 295 g/mol. The van der Waals surface area contributed by atoms with Crippen LogP contribution in [-0.4, -0.2) is 61.1 Å². The number of amides is 1. The van der Waals surface area contributed by atoms with Crippen molar-refractivity contribution in [3.63, 3.8) is 0 Å². The molecule has 1 aromatic carbocycles. The highest BCUT2D eigenvalue weighted by molar-refractivity contribution is 5.81. The summed E-state index contributed by atoms with van der Waals surface area (Å²) in [5, 5.41) is 0.